The van der Waals surface area contributed by atoms with Gasteiger partial charge >= 0.3 is 0 Å². The number of piperazine rings is 1. The standard InChI is InChI=1S/C24H25ClN2O3/c25-21-8-6-18(7-9-21)24(30)27-14-12-26(13-15-27)23(29)11-10-22(28)20-5-4-17-2-1-3-19(17)16-20/h4-9,16H,1-3,10-15H2. The van der Waals surface area contributed by atoms with Gasteiger partial charge in [-0.15, -0.1) is 0 Å². The van der Waals surface area contributed by atoms with Crippen LogP contribution in [0.15, 0.2) is 42.5 Å². The van der Waals surface area contributed by atoms with E-state index in [-0.39, 0.29) is 30.4 Å². The van der Waals surface area contributed by atoms with Crippen LogP contribution in [0.3, 0.4) is 0 Å². The van der Waals surface area contributed by atoms with E-state index in [9.17, 15) is 14.4 Å². The first-order valence-corrected chi connectivity index (χ1v) is 10.9. The molecule has 2 amide bonds. The summed E-state index contributed by atoms with van der Waals surface area (Å²) >= 11 is 5.88. The fourth-order valence-corrected chi connectivity index (χ4v) is 4.33. The number of Topliss-reactive ketones (excluding diaryl/α,β-unsaturated/α-hetero) is 1. The van der Waals surface area contributed by atoms with E-state index in [1.54, 1.807) is 34.1 Å². The third-order valence-electron chi connectivity index (χ3n) is 6.00. The van der Waals surface area contributed by atoms with Gasteiger partial charge in [-0.25, -0.2) is 0 Å². The number of amides is 2. The molecule has 2 aromatic rings. The minimum atomic E-state index is -0.0504. The maximum absolute atomic E-state index is 12.6. The molecule has 1 aliphatic heterocycles. The lowest BCUT2D eigenvalue weighted by molar-refractivity contribution is -0.132. The Morgan fingerprint density at radius 2 is 1.40 bits per heavy atom. The Morgan fingerprint density at radius 1 is 0.767 bits per heavy atom. The van der Waals surface area contributed by atoms with Crippen molar-refractivity contribution in [1.29, 1.82) is 0 Å². The number of halogens is 1. The van der Waals surface area contributed by atoms with E-state index >= 15 is 0 Å². The second kappa shape index (κ2) is 9.00. The van der Waals surface area contributed by atoms with E-state index < -0.39 is 0 Å². The van der Waals surface area contributed by atoms with Crippen molar-refractivity contribution in [3.05, 3.63) is 69.7 Å². The molecule has 0 saturated carbocycles. The van der Waals surface area contributed by atoms with E-state index in [0.717, 1.165) is 19.3 Å². The number of hydrogen-bond acceptors (Lipinski definition) is 3. The first-order valence-electron chi connectivity index (χ1n) is 10.5. The maximum Gasteiger partial charge on any atom is 0.253 e. The topological polar surface area (TPSA) is 57.7 Å². The molecule has 1 saturated heterocycles. The number of ketones is 1. The highest BCUT2D eigenvalue weighted by molar-refractivity contribution is 6.30. The van der Waals surface area contributed by atoms with Gasteiger partial charge in [0.05, 0.1) is 0 Å². The fraction of sp³-hybridized carbons (Fsp3) is 0.375. The molecule has 0 aromatic heterocycles. The Bertz CT molecular complexity index is 963. The second-order valence-corrected chi connectivity index (χ2v) is 8.38. The van der Waals surface area contributed by atoms with Crippen molar-refractivity contribution in [1.82, 2.24) is 9.80 Å². The Labute approximate surface area is 181 Å². The largest absolute Gasteiger partial charge is 0.339 e. The summed E-state index contributed by atoms with van der Waals surface area (Å²) in [7, 11) is 0. The first-order chi connectivity index (χ1) is 14.5. The lowest BCUT2D eigenvalue weighted by Crippen LogP contribution is -2.50. The molecular formula is C24H25ClN2O3. The Hall–Kier alpha value is -2.66. The molecule has 0 radical (unpaired) electrons. The first kappa shape index (κ1) is 20.6. The molecule has 6 heteroatoms. The van der Waals surface area contributed by atoms with Gasteiger partial charge in [0.25, 0.3) is 5.91 Å². The van der Waals surface area contributed by atoms with Crippen LogP contribution in [0, 0.1) is 0 Å². The maximum atomic E-state index is 12.6. The minimum absolute atomic E-state index is 0.0228. The van der Waals surface area contributed by atoms with Crippen LogP contribution in [-0.4, -0.2) is 53.6 Å². The average molecular weight is 425 g/mol. The van der Waals surface area contributed by atoms with Crippen LogP contribution in [0.4, 0.5) is 0 Å². The zero-order valence-corrected chi connectivity index (χ0v) is 17.7. The normalized spacial score (nSPS) is 15.8. The lowest BCUT2D eigenvalue weighted by Gasteiger charge is -2.35. The van der Waals surface area contributed by atoms with Crippen molar-refractivity contribution in [2.45, 2.75) is 32.1 Å². The lowest BCUT2D eigenvalue weighted by atomic mass is 10.0. The molecule has 5 nitrogen and oxygen atoms in total. The van der Waals surface area contributed by atoms with Crippen LogP contribution in [0.1, 0.15) is 51.1 Å². The minimum Gasteiger partial charge on any atom is -0.339 e. The monoisotopic (exact) mass is 424 g/mol. The highest BCUT2D eigenvalue weighted by Crippen LogP contribution is 2.23. The Kier molecular flexibility index (Phi) is 6.18. The molecule has 1 aliphatic carbocycles. The van der Waals surface area contributed by atoms with E-state index in [0.29, 0.717) is 42.3 Å². The molecule has 4 rings (SSSR count). The number of fused-ring (bicyclic) bond motifs is 1. The molecule has 0 N–H and O–H groups in total. The molecule has 30 heavy (non-hydrogen) atoms. The highest BCUT2D eigenvalue weighted by Gasteiger charge is 2.25. The van der Waals surface area contributed by atoms with Gasteiger partial charge in [-0.3, -0.25) is 14.4 Å². The van der Waals surface area contributed by atoms with Crippen molar-refractivity contribution >= 4 is 29.2 Å². The summed E-state index contributed by atoms with van der Waals surface area (Å²) in [5.41, 5.74) is 3.92. The van der Waals surface area contributed by atoms with Crippen molar-refractivity contribution in [2.75, 3.05) is 26.2 Å². The number of carbonyl (C=O) groups excluding carboxylic acids is 3. The SMILES string of the molecule is O=C(CCC(=O)N1CCN(C(=O)c2ccc(Cl)cc2)CC1)c1ccc2c(c1)CCC2. The molecule has 0 bridgehead atoms. The summed E-state index contributed by atoms with van der Waals surface area (Å²) < 4.78 is 0. The third-order valence-corrected chi connectivity index (χ3v) is 6.25. The molecule has 156 valence electrons. The quantitative estimate of drug-likeness (QED) is 0.686. The van der Waals surface area contributed by atoms with Crippen molar-refractivity contribution in [3.8, 4) is 0 Å². The number of hydrogen-bond donors (Lipinski definition) is 0. The third kappa shape index (κ3) is 4.57. The summed E-state index contributed by atoms with van der Waals surface area (Å²) in [5.74, 6) is -0.0525. The Morgan fingerprint density at radius 3 is 2.13 bits per heavy atom. The van der Waals surface area contributed by atoms with Crippen LogP contribution >= 0.6 is 11.6 Å². The molecule has 0 unspecified atom stereocenters. The number of nitrogens with zero attached hydrogens (tertiary/aromatic N) is 2. The summed E-state index contributed by atoms with van der Waals surface area (Å²) in [6.45, 7) is 1.97. The van der Waals surface area contributed by atoms with E-state index in [2.05, 4.69) is 0 Å². The molecule has 1 fully saturated rings. The Balaban J connectivity index is 1.25. The molecule has 2 aromatic carbocycles. The number of aryl methyl sites for hydroxylation is 2. The molecule has 0 atom stereocenters. The van der Waals surface area contributed by atoms with Crippen molar-refractivity contribution in [2.24, 2.45) is 0 Å². The fourth-order valence-electron chi connectivity index (χ4n) is 4.20. The number of rotatable bonds is 5. The summed E-state index contributed by atoms with van der Waals surface area (Å²) in [5, 5.41) is 0.594. The predicted octanol–water partition coefficient (Wildman–Crippen LogP) is 3.78. The summed E-state index contributed by atoms with van der Waals surface area (Å²) in [6, 6.07) is 12.8. The number of benzene rings is 2. The van der Waals surface area contributed by atoms with Crippen LogP contribution < -0.4 is 0 Å². The second-order valence-electron chi connectivity index (χ2n) is 7.94. The van der Waals surface area contributed by atoms with Crippen LogP contribution in [0.5, 0.6) is 0 Å². The van der Waals surface area contributed by atoms with E-state index in [4.69, 9.17) is 11.6 Å². The molecule has 0 spiro atoms. The van der Waals surface area contributed by atoms with E-state index in [1.165, 1.54) is 11.1 Å². The van der Waals surface area contributed by atoms with Gasteiger partial charge < -0.3 is 9.80 Å². The molecule has 1 heterocycles. The summed E-state index contributed by atoms with van der Waals surface area (Å²) in [4.78, 5) is 41.2. The highest BCUT2D eigenvalue weighted by atomic mass is 35.5. The van der Waals surface area contributed by atoms with Crippen molar-refractivity contribution in [3.63, 3.8) is 0 Å². The smallest absolute Gasteiger partial charge is 0.253 e. The van der Waals surface area contributed by atoms with Gasteiger partial charge in [-0.1, -0.05) is 23.7 Å². The van der Waals surface area contributed by atoms with Crippen LogP contribution in [-0.2, 0) is 17.6 Å². The predicted molar refractivity (Wildman–Crippen MR) is 116 cm³/mol. The zero-order chi connectivity index (χ0) is 21.1. The van der Waals surface area contributed by atoms with Gasteiger partial charge in [-0.05, 0) is 60.7 Å². The summed E-state index contributed by atoms with van der Waals surface area (Å²) in [6.07, 6.45) is 3.71. The van der Waals surface area contributed by atoms with E-state index in [1.807, 2.05) is 18.2 Å². The van der Waals surface area contributed by atoms with Gasteiger partial charge in [0, 0.05) is 55.2 Å². The van der Waals surface area contributed by atoms with Gasteiger partial charge in [-0.2, -0.15) is 0 Å². The van der Waals surface area contributed by atoms with Gasteiger partial charge in [0.1, 0.15) is 0 Å². The van der Waals surface area contributed by atoms with Gasteiger partial charge in [0.15, 0.2) is 5.78 Å². The van der Waals surface area contributed by atoms with Crippen molar-refractivity contribution < 1.29 is 14.4 Å². The van der Waals surface area contributed by atoms with Crippen LogP contribution in [0.25, 0.3) is 0 Å². The van der Waals surface area contributed by atoms with Crippen LogP contribution in [0.2, 0.25) is 5.02 Å². The average Bonchev–Trinajstić information content (AvgIpc) is 3.25. The van der Waals surface area contributed by atoms with Gasteiger partial charge in [0.2, 0.25) is 5.91 Å². The molecule has 2 aliphatic rings. The number of carbonyl (C=O) groups is 3. The zero-order valence-electron chi connectivity index (χ0n) is 16.9. The molecular weight excluding hydrogens is 400 g/mol.